The lowest BCUT2D eigenvalue weighted by Crippen LogP contribution is -2.45. The maximum atomic E-state index is 12.2. The number of nitrogens with one attached hydrogen (secondary N) is 1. The van der Waals surface area contributed by atoms with Crippen molar-refractivity contribution in [2.24, 2.45) is 0 Å². The summed E-state index contributed by atoms with van der Waals surface area (Å²) < 4.78 is 6.32. The molecule has 0 aliphatic carbocycles. The summed E-state index contributed by atoms with van der Waals surface area (Å²) in [4.78, 5) is 12.2. The zero-order valence-electron chi connectivity index (χ0n) is 13.0. The highest BCUT2D eigenvalue weighted by molar-refractivity contribution is 8.01. The summed E-state index contributed by atoms with van der Waals surface area (Å²) in [5, 5.41) is 11.5. The number of ether oxygens (including phenoxy) is 1. The number of carbonyl (C=O) groups excluding carboxylic acids is 1. The normalized spacial score (nSPS) is 16.7. The zero-order valence-corrected chi connectivity index (χ0v) is 15.4. The Hall–Kier alpha value is -1.15. The maximum Gasteiger partial charge on any atom is 0.230 e. The molecule has 0 spiro atoms. The van der Waals surface area contributed by atoms with Crippen LogP contribution >= 0.6 is 34.7 Å². The summed E-state index contributed by atoms with van der Waals surface area (Å²) in [6.45, 7) is 1.98. The second-order valence-electron chi connectivity index (χ2n) is 5.67. The van der Waals surface area contributed by atoms with E-state index in [4.69, 9.17) is 16.3 Å². The smallest absolute Gasteiger partial charge is 0.230 e. The SMILES string of the molecule is O=C(CSc1nncs1)NCC1(c2cccc(Cl)c2)CCOCC1. The molecule has 1 saturated heterocycles. The molecule has 1 amide bonds. The second kappa shape index (κ2) is 8.29. The summed E-state index contributed by atoms with van der Waals surface area (Å²) in [5.41, 5.74) is 2.71. The van der Waals surface area contributed by atoms with Gasteiger partial charge >= 0.3 is 0 Å². The number of nitrogens with zero attached hydrogens (tertiary/aromatic N) is 2. The Bertz CT molecular complexity index is 676. The van der Waals surface area contributed by atoms with Gasteiger partial charge in [-0.2, -0.15) is 0 Å². The summed E-state index contributed by atoms with van der Waals surface area (Å²) in [5.74, 6) is 0.347. The number of benzene rings is 1. The van der Waals surface area contributed by atoms with Gasteiger partial charge in [-0.25, -0.2) is 0 Å². The average Bonchev–Trinajstić information content (AvgIpc) is 3.12. The third-order valence-electron chi connectivity index (χ3n) is 4.18. The molecular formula is C16H18ClN3O2S2. The monoisotopic (exact) mass is 383 g/mol. The number of aromatic nitrogens is 2. The van der Waals surface area contributed by atoms with Gasteiger partial charge in [0.25, 0.3) is 0 Å². The number of hydrogen-bond acceptors (Lipinski definition) is 6. The fourth-order valence-electron chi connectivity index (χ4n) is 2.82. The van der Waals surface area contributed by atoms with E-state index >= 15 is 0 Å². The van der Waals surface area contributed by atoms with Gasteiger partial charge in [-0.1, -0.05) is 46.8 Å². The van der Waals surface area contributed by atoms with Gasteiger partial charge in [0.1, 0.15) is 5.51 Å². The van der Waals surface area contributed by atoms with Crippen LogP contribution in [0.2, 0.25) is 5.02 Å². The van der Waals surface area contributed by atoms with Crippen LogP contribution in [-0.2, 0) is 14.9 Å². The Morgan fingerprint density at radius 3 is 2.96 bits per heavy atom. The summed E-state index contributed by atoms with van der Waals surface area (Å²) in [6, 6.07) is 7.91. The number of halogens is 1. The Morgan fingerprint density at radius 2 is 2.25 bits per heavy atom. The third-order valence-corrected chi connectivity index (χ3v) is 6.27. The first-order chi connectivity index (χ1) is 11.7. The molecule has 0 saturated carbocycles. The quantitative estimate of drug-likeness (QED) is 0.776. The summed E-state index contributed by atoms with van der Waals surface area (Å²) in [6.07, 6.45) is 1.74. The van der Waals surface area contributed by atoms with Crippen LogP contribution in [0.5, 0.6) is 0 Å². The molecule has 3 rings (SSSR count). The van der Waals surface area contributed by atoms with E-state index in [1.54, 1.807) is 5.51 Å². The van der Waals surface area contributed by atoms with Crippen molar-refractivity contribution < 1.29 is 9.53 Å². The molecule has 2 heterocycles. The van der Waals surface area contributed by atoms with Gasteiger partial charge in [-0.15, -0.1) is 10.2 Å². The van der Waals surface area contributed by atoms with Gasteiger partial charge in [0.2, 0.25) is 5.91 Å². The molecule has 1 N–H and O–H groups in total. The van der Waals surface area contributed by atoms with Crippen LogP contribution in [0.4, 0.5) is 0 Å². The average molecular weight is 384 g/mol. The van der Waals surface area contributed by atoms with Crippen LogP contribution in [-0.4, -0.2) is 41.6 Å². The van der Waals surface area contributed by atoms with Crippen molar-refractivity contribution in [1.29, 1.82) is 0 Å². The Morgan fingerprint density at radius 1 is 1.42 bits per heavy atom. The topological polar surface area (TPSA) is 64.1 Å². The third kappa shape index (κ3) is 4.47. The number of rotatable bonds is 6. The van der Waals surface area contributed by atoms with Crippen LogP contribution in [0.3, 0.4) is 0 Å². The molecule has 128 valence electrons. The molecule has 5 nitrogen and oxygen atoms in total. The van der Waals surface area contributed by atoms with Gasteiger partial charge in [0, 0.05) is 30.2 Å². The fourth-order valence-corrected chi connectivity index (χ4v) is 4.33. The first kappa shape index (κ1) is 17.7. The standard InChI is InChI=1S/C16H18ClN3O2S2/c17-13-3-1-2-12(8-13)16(4-6-22-7-5-16)10-18-14(21)9-23-15-20-19-11-24-15/h1-3,8,11H,4-7,9-10H2,(H,18,21). The lowest BCUT2D eigenvalue weighted by atomic mass is 9.74. The molecule has 1 aliphatic rings. The predicted octanol–water partition coefficient (Wildman–Crippen LogP) is 3.15. The highest BCUT2D eigenvalue weighted by Gasteiger charge is 2.35. The molecule has 0 unspecified atom stereocenters. The molecular weight excluding hydrogens is 366 g/mol. The highest BCUT2D eigenvalue weighted by Crippen LogP contribution is 2.35. The van der Waals surface area contributed by atoms with Crippen LogP contribution in [0.1, 0.15) is 18.4 Å². The minimum atomic E-state index is -0.119. The van der Waals surface area contributed by atoms with Crippen molar-refractivity contribution >= 4 is 40.6 Å². The number of hydrogen-bond donors (Lipinski definition) is 1. The molecule has 1 aromatic heterocycles. The first-order valence-electron chi connectivity index (χ1n) is 7.67. The van der Waals surface area contributed by atoms with Gasteiger partial charge in [0.05, 0.1) is 5.75 Å². The molecule has 0 bridgehead atoms. The van der Waals surface area contributed by atoms with Crippen molar-refractivity contribution in [3.8, 4) is 0 Å². The second-order valence-corrected chi connectivity index (χ2v) is 8.17. The number of thioether (sulfide) groups is 1. The van der Waals surface area contributed by atoms with Crippen molar-refractivity contribution in [2.75, 3.05) is 25.5 Å². The summed E-state index contributed by atoms with van der Waals surface area (Å²) in [7, 11) is 0. The molecule has 1 aromatic carbocycles. The van der Waals surface area contributed by atoms with E-state index in [1.807, 2.05) is 18.2 Å². The van der Waals surface area contributed by atoms with Gasteiger partial charge in [-0.05, 0) is 30.5 Å². The maximum absolute atomic E-state index is 12.2. The molecule has 1 fully saturated rings. The molecule has 2 aromatic rings. The van der Waals surface area contributed by atoms with Gasteiger partial charge < -0.3 is 10.1 Å². The zero-order chi connectivity index (χ0) is 16.8. The molecule has 0 radical (unpaired) electrons. The van der Waals surface area contributed by atoms with Crippen LogP contribution in [0.15, 0.2) is 34.1 Å². The molecule has 1 aliphatic heterocycles. The predicted molar refractivity (Wildman–Crippen MR) is 96.8 cm³/mol. The lowest BCUT2D eigenvalue weighted by molar-refractivity contribution is -0.119. The van der Waals surface area contributed by atoms with Crippen molar-refractivity contribution in [3.63, 3.8) is 0 Å². The number of carbonyl (C=O) groups is 1. The van der Waals surface area contributed by atoms with E-state index in [2.05, 4.69) is 21.6 Å². The van der Waals surface area contributed by atoms with Crippen LogP contribution in [0, 0.1) is 0 Å². The molecule has 8 heteroatoms. The Balaban J connectivity index is 1.63. The summed E-state index contributed by atoms with van der Waals surface area (Å²) >= 11 is 9.01. The minimum Gasteiger partial charge on any atom is -0.381 e. The van der Waals surface area contributed by atoms with Crippen LogP contribution < -0.4 is 5.32 Å². The Labute approximate surface area is 154 Å². The lowest BCUT2D eigenvalue weighted by Gasteiger charge is -2.38. The van der Waals surface area contributed by atoms with Crippen molar-refractivity contribution in [1.82, 2.24) is 15.5 Å². The van der Waals surface area contributed by atoms with E-state index in [9.17, 15) is 4.79 Å². The molecule has 24 heavy (non-hydrogen) atoms. The van der Waals surface area contributed by atoms with Gasteiger partial charge in [0.15, 0.2) is 4.34 Å². The van der Waals surface area contributed by atoms with Gasteiger partial charge in [-0.3, -0.25) is 4.79 Å². The van der Waals surface area contributed by atoms with E-state index < -0.39 is 0 Å². The van der Waals surface area contributed by atoms with Crippen LogP contribution in [0.25, 0.3) is 0 Å². The van der Waals surface area contributed by atoms with E-state index in [-0.39, 0.29) is 11.3 Å². The van der Waals surface area contributed by atoms with E-state index in [0.717, 1.165) is 27.8 Å². The minimum absolute atomic E-state index is 0.00287. The largest absolute Gasteiger partial charge is 0.381 e. The van der Waals surface area contributed by atoms with E-state index in [0.29, 0.717) is 25.5 Å². The number of amides is 1. The first-order valence-corrected chi connectivity index (χ1v) is 9.92. The highest BCUT2D eigenvalue weighted by atomic mass is 35.5. The Kier molecular flexibility index (Phi) is 6.10. The molecule has 0 atom stereocenters. The fraction of sp³-hybridized carbons (Fsp3) is 0.438. The van der Waals surface area contributed by atoms with Crippen molar-refractivity contribution in [3.05, 3.63) is 40.4 Å². The van der Waals surface area contributed by atoms with Crippen molar-refractivity contribution in [2.45, 2.75) is 22.6 Å². The van der Waals surface area contributed by atoms with E-state index in [1.165, 1.54) is 23.1 Å².